The van der Waals surface area contributed by atoms with E-state index in [1.165, 1.54) is 18.6 Å². The van der Waals surface area contributed by atoms with Crippen LogP contribution < -0.4 is 4.72 Å². The van der Waals surface area contributed by atoms with Gasteiger partial charge in [0.1, 0.15) is 0 Å². The van der Waals surface area contributed by atoms with Crippen molar-refractivity contribution in [1.82, 2.24) is 9.62 Å². The molecule has 1 heterocycles. The molecule has 0 spiro atoms. The molecule has 0 radical (unpaired) electrons. The second-order valence-electron chi connectivity index (χ2n) is 6.41. The van der Waals surface area contributed by atoms with Gasteiger partial charge in [-0.1, -0.05) is 25.4 Å². The number of hydrogen-bond donors (Lipinski definition) is 1. The summed E-state index contributed by atoms with van der Waals surface area (Å²) in [4.78, 5) is 2.70. The number of nitrogens with zero attached hydrogens (tertiary/aromatic N) is 1. The van der Waals surface area contributed by atoms with Gasteiger partial charge in [-0.2, -0.15) is 0 Å². The lowest BCUT2D eigenvalue weighted by Gasteiger charge is -2.34. The largest absolute Gasteiger partial charge is 0.303 e. The Bertz CT molecular complexity index is 564. The summed E-state index contributed by atoms with van der Waals surface area (Å²) in [7, 11) is -3.43. The van der Waals surface area contributed by atoms with Gasteiger partial charge in [-0.05, 0) is 55.5 Å². The first-order chi connectivity index (χ1) is 10.4. The lowest BCUT2D eigenvalue weighted by molar-refractivity contribution is 0.140. The molecule has 1 aliphatic rings. The molecule has 1 saturated heterocycles. The van der Waals surface area contributed by atoms with Gasteiger partial charge in [0.05, 0.1) is 4.90 Å². The molecule has 22 heavy (non-hydrogen) atoms. The standard InChI is InChI=1S/C16H25ClN2O2S/c1-13-10-14(2)12-19(11-13)9-3-8-18-22(20,21)16-6-4-15(17)5-7-16/h4-7,13-14,18H,3,8-12H2,1-2H3/t13-,14-/m1/s1. The summed E-state index contributed by atoms with van der Waals surface area (Å²) in [6, 6.07) is 6.23. The van der Waals surface area contributed by atoms with Gasteiger partial charge < -0.3 is 4.90 Å². The predicted octanol–water partition coefficient (Wildman–Crippen LogP) is 2.99. The van der Waals surface area contributed by atoms with Gasteiger partial charge >= 0.3 is 0 Å². The highest BCUT2D eigenvalue weighted by molar-refractivity contribution is 7.89. The number of benzene rings is 1. The monoisotopic (exact) mass is 344 g/mol. The highest BCUT2D eigenvalue weighted by Crippen LogP contribution is 2.20. The zero-order valence-electron chi connectivity index (χ0n) is 13.3. The normalized spacial score (nSPS) is 23.6. The van der Waals surface area contributed by atoms with Gasteiger partial charge in [-0.3, -0.25) is 0 Å². The first-order valence-corrected chi connectivity index (χ1v) is 9.70. The molecule has 1 aromatic rings. The second-order valence-corrected chi connectivity index (χ2v) is 8.61. The summed E-state index contributed by atoms with van der Waals surface area (Å²) < 4.78 is 26.9. The maximum Gasteiger partial charge on any atom is 0.240 e. The van der Waals surface area contributed by atoms with Crippen molar-refractivity contribution in [3.8, 4) is 0 Å². The van der Waals surface area contributed by atoms with Gasteiger partial charge in [0.2, 0.25) is 10.0 Å². The Morgan fingerprint density at radius 1 is 1.18 bits per heavy atom. The van der Waals surface area contributed by atoms with E-state index in [0.29, 0.717) is 11.6 Å². The Morgan fingerprint density at radius 2 is 1.77 bits per heavy atom. The van der Waals surface area contributed by atoms with Gasteiger partial charge in [-0.25, -0.2) is 13.1 Å². The highest BCUT2D eigenvalue weighted by Gasteiger charge is 2.21. The van der Waals surface area contributed by atoms with Crippen molar-refractivity contribution >= 4 is 21.6 Å². The van der Waals surface area contributed by atoms with Crippen LogP contribution in [0.4, 0.5) is 0 Å². The van der Waals surface area contributed by atoms with Crippen LogP contribution >= 0.6 is 11.6 Å². The molecular weight excluding hydrogens is 320 g/mol. The summed E-state index contributed by atoms with van der Waals surface area (Å²) in [6.07, 6.45) is 2.12. The van der Waals surface area contributed by atoms with Gasteiger partial charge in [-0.15, -0.1) is 0 Å². The molecule has 1 aromatic carbocycles. The van der Waals surface area contributed by atoms with Crippen molar-refractivity contribution in [3.63, 3.8) is 0 Å². The van der Waals surface area contributed by atoms with Crippen LogP contribution in [0.3, 0.4) is 0 Å². The molecule has 1 fully saturated rings. The molecule has 0 amide bonds. The maximum absolute atomic E-state index is 12.1. The molecule has 2 rings (SSSR count). The van der Waals surface area contributed by atoms with Crippen LogP contribution in [0.25, 0.3) is 0 Å². The summed E-state index contributed by atoms with van der Waals surface area (Å²) in [5, 5.41) is 0.535. The SMILES string of the molecule is C[C@@H]1C[C@@H](C)CN(CCCNS(=O)(=O)c2ccc(Cl)cc2)C1. The van der Waals surface area contributed by atoms with E-state index in [1.54, 1.807) is 12.1 Å². The van der Waals surface area contributed by atoms with Crippen molar-refractivity contribution in [2.24, 2.45) is 11.8 Å². The number of halogens is 1. The van der Waals surface area contributed by atoms with Crippen molar-refractivity contribution in [2.75, 3.05) is 26.2 Å². The van der Waals surface area contributed by atoms with Gasteiger partial charge in [0.25, 0.3) is 0 Å². The smallest absolute Gasteiger partial charge is 0.240 e. The Kier molecular flexibility index (Phi) is 6.26. The third-order valence-corrected chi connectivity index (χ3v) is 5.74. The first kappa shape index (κ1) is 17.7. The molecule has 2 atom stereocenters. The Labute approximate surface area is 138 Å². The fourth-order valence-electron chi connectivity index (χ4n) is 3.18. The molecule has 4 nitrogen and oxygen atoms in total. The van der Waals surface area contributed by atoms with Crippen LogP contribution in [0.5, 0.6) is 0 Å². The quantitative estimate of drug-likeness (QED) is 0.807. The maximum atomic E-state index is 12.1. The van der Waals surface area contributed by atoms with Crippen LogP contribution in [-0.2, 0) is 10.0 Å². The van der Waals surface area contributed by atoms with E-state index < -0.39 is 10.0 Å². The van der Waals surface area contributed by atoms with Crippen LogP contribution in [0.1, 0.15) is 26.7 Å². The summed E-state index contributed by atoms with van der Waals surface area (Å²) in [5.41, 5.74) is 0. The van der Waals surface area contributed by atoms with E-state index in [4.69, 9.17) is 11.6 Å². The molecule has 0 saturated carbocycles. The third kappa shape index (κ3) is 5.23. The Balaban J connectivity index is 1.77. The van der Waals surface area contributed by atoms with Crippen LogP contribution in [0.15, 0.2) is 29.2 Å². The first-order valence-electron chi connectivity index (χ1n) is 7.84. The lowest BCUT2D eigenvalue weighted by Crippen LogP contribution is -2.40. The van der Waals surface area contributed by atoms with Crippen molar-refractivity contribution in [2.45, 2.75) is 31.6 Å². The molecule has 0 aliphatic carbocycles. The minimum atomic E-state index is -3.43. The van der Waals surface area contributed by atoms with Crippen LogP contribution in [0, 0.1) is 11.8 Å². The van der Waals surface area contributed by atoms with E-state index in [9.17, 15) is 8.42 Å². The van der Waals surface area contributed by atoms with E-state index >= 15 is 0 Å². The average Bonchev–Trinajstić information content (AvgIpc) is 2.43. The molecule has 0 bridgehead atoms. The number of rotatable bonds is 6. The molecule has 1 N–H and O–H groups in total. The van der Waals surface area contributed by atoms with Gasteiger partial charge in [0, 0.05) is 24.7 Å². The number of piperidine rings is 1. The number of sulfonamides is 1. The number of likely N-dealkylation sites (tertiary alicyclic amines) is 1. The summed E-state index contributed by atoms with van der Waals surface area (Å²) in [6.45, 7) is 8.21. The predicted molar refractivity (Wildman–Crippen MR) is 90.6 cm³/mol. The zero-order valence-corrected chi connectivity index (χ0v) is 14.8. The summed E-state index contributed by atoms with van der Waals surface area (Å²) >= 11 is 5.78. The Morgan fingerprint density at radius 3 is 2.36 bits per heavy atom. The molecule has 1 aliphatic heterocycles. The molecular formula is C16H25ClN2O2S. The van der Waals surface area contributed by atoms with Crippen molar-refractivity contribution < 1.29 is 8.42 Å². The fraction of sp³-hybridized carbons (Fsp3) is 0.625. The molecule has 6 heteroatoms. The molecule has 0 aromatic heterocycles. The molecule has 0 unspecified atom stereocenters. The van der Waals surface area contributed by atoms with E-state index in [2.05, 4.69) is 23.5 Å². The third-order valence-electron chi connectivity index (χ3n) is 4.01. The van der Waals surface area contributed by atoms with Crippen LogP contribution in [0.2, 0.25) is 5.02 Å². The highest BCUT2D eigenvalue weighted by atomic mass is 35.5. The fourth-order valence-corrected chi connectivity index (χ4v) is 4.38. The zero-order chi connectivity index (χ0) is 16.2. The molecule has 124 valence electrons. The van der Waals surface area contributed by atoms with E-state index in [-0.39, 0.29) is 4.90 Å². The van der Waals surface area contributed by atoms with Gasteiger partial charge in [0.15, 0.2) is 0 Å². The minimum Gasteiger partial charge on any atom is -0.303 e. The van der Waals surface area contributed by atoms with Crippen molar-refractivity contribution in [1.29, 1.82) is 0 Å². The van der Waals surface area contributed by atoms with Crippen LogP contribution in [-0.4, -0.2) is 39.5 Å². The number of hydrogen-bond acceptors (Lipinski definition) is 3. The lowest BCUT2D eigenvalue weighted by atomic mass is 9.92. The average molecular weight is 345 g/mol. The minimum absolute atomic E-state index is 0.261. The van der Waals surface area contributed by atoms with Crippen molar-refractivity contribution in [3.05, 3.63) is 29.3 Å². The summed E-state index contributed by atoms with van der Waals surface area (Å²) in [5.74, 6) is 1.46. The topological polar surface area (TPSA) is 49.4 Å². The van der Waals surface area contributed by atoms with E-state index in [1.807, 2.05) is 0 Å². The number of nitrogens with one attached hydrogen (secondary N) is 1. The Hall–Kier alpha value is -0.620. The van der Waals surface area contributed by atoms with E-state index in [0.717, 1.165) is 37.9 Å². The second kappa shape index (κ2) is 7.77.